The van der Waals surface area contributed by atoms with Crippen LogP contribution in [0.2, 0.25) is 0 Å². The molecule has 2 rings (SSSR count). The fourth-order valence-electron chi connectivity index (χ4n) is 2.16. The zero-order valence-corrected chi connectivity index (χ0v) is 13.8. The molecule has 4 nitrogen and oxygen atoms in total. The molecule has 1 unspecified atom stereocenters. The van der Waals surface area contributed by atoms with Gasteiger partial charge in [-0.15, -0.1) is 0 Å². The topological polar surface area (TPSA) is 66.4 Å². The largest absolute Gasteiger partial charge is 0.391 e. The molecule has 1 aliphatic rings. The van der Waals surface area contributed by atoms with Crippen LogP contribution >= 0.6 is 0 Å². The maximum atomic E-state index is 12.3. The van der Waals surface area contributed by atoms with Gasteiger partial charge in [-0.3, -0.25) is 0 Å². The van der Waals surface area contributed by atoms with Crippen LogP contribution in [-0.4, -0.2) is 38.0 Å². The summed E-state index contributed by atoms with van der Waals surface area (Å²) in [6.07, 6.45) is 1.37. The Balaban J connectivity index is 2.00. The maximum absolute atomic E-state index is 12.3. The Bertz CT molecular complexity index is 569. The lowest BCUT2D eigenvalue weighted by Gasteiger charge is -2.19. The molecule has 0 amide bonds. The van der Waals surface area contributed by atoms with Crippen LogP contribution in [0.5, 0.6) is 0 Å². The van der Waals surface area contributed by atoms with Gasteiger partial charge in [0.1, 0.15) is 0 Å². The van der Waals surface area contributed by atoms with E-state index in [0.29, 0.717) is 12.6 Å². The molecule has 1 aliphatic carbocycles. The molecule has 0 heterocycles. The molecule has 1 aromatic rings. The molecule has 0 aromatic heterocycles. The van der Waals surface area contributed by atoms with Crippen molar-refractivity contribution in [3.05, 3.63) is 29.8 Å². The number of hydrogen-bond donors (Lipinski definition) is 2. The Morgan fingerprint density at radius 3 is 2.29 bits per heavy atom. The van der Waals surface area contributed by atoms with Crippen molar-refractivity contribution in [3.8, 4) is 0 Å². The van der Waals surface area contributed by atoms with Gasteiger partial charge in [0, 0.05) is 12.6 Å². The van der Waals surface area contributed by atoms with Gasteiger partial charge in [-0.25, -0.2) is 8.42 Å². The first-order valence-electron chi connectivity index (χ1n) is 7.43. The van der Waals surface area contributed by atoms with E-state index in [1.54, 1.807) is 12.1 Å². The van der Waals surface area contributed by atoms with E-state index in [1.165, 1.54) is 0 Å². The van der Waals surface area contributed by atoms with Crippen molar-refractivity contribution in [1.29, 1.82) is 0 Å². The predicted octanol–water partition coefficient (Wildman–Crippen LogP) is 1.87. The first-order valence-corrected chi connectivity index (χ1v) is 9.08. The minimum atomic E-state index is -3.44. The minimum absolute atomic E-state index is 0.00398. The summed E-state index contributed by atoms with van der Waals surface area (Å²) in [6, 6.07) is 7.44. The van der Waals surface area contributed by atoms with Gasteiger partial charge in [0.15, 0.2) is 9.84 Å². The van der Waals surface area contributed by atoms with Gasteiger partial charge in [0.25, 0.3) is 0 Å². The van der Waals surface area contributed by atoms with Crippen LogP contribution in [0.25, 0.3) is 0 Å². The normalized spacial score (nSPS) is 17.7. The summed E-state index contributed by atoms with van der Waals surface area (Å²) in [7, 11) is -3.44. The molecule has 1 fully saturated rings. The molecule has 0 bridgehead atoms. The van der Waals surface area contributed by atoms with Crippen LogP contribution in [0.15, 0.2) is 29.2 Å². The molecule has 0 aliphatic heterocycles. The maximum Gasteiger partial charge on any atom is 0.180 e. The highest BCUT2D eigenvalue weighted by Gasteiger charge is 2.24. The summed E-state index contributed by atoms with van der Waals surface area (Å²) >= 11 is 0. The van der Waals surface area contributed by atoms with Gasteiger partial charge in [-0.1, -0.05) is 32.9 Å². The molecule has 118 valence electrons. The van der Waals surface area contributed by atoms with Crippen LogP contribution < -0.4 is 5.32 Å². The number of hydrogen-bond acceptors (Lipinski definition) is 4. The van der Waals surface area contributed by atoms with Gasteiger partial charge in [0.05, 0.1) is 16.8 Å². The van der Waals surface area contributed by atoms with Gasteiger partial charge >= 0.3 is 0 Å². The number of rotatable bonds is 6. The molecule has 1 saturated carbocycles. The predicted molar refractivity (Wildman–Crippen MR) is 84.2 cm³/mol. The van der Waals surface area contributed by atoms with Crippen molar-refractivity contribution in [3.63, 3.8) is 0 Å². The van der Waals surface area contributed by atoms with E-state index in [-0.39, 0.29) is 16.1 Å². The monoisotopic (exact) mass is 311 g/mol. The van der Waals surface area contributed by atoms with Crippen molar-refractivity contribution < 1.29 is 13.5 Å². The Morgan fingerprint density at radius 2 is 1.81 bits per heavy atom. The molecule has 0 spiro atoms. The van der Waals surface area contributed by atoms with Crippen molar-refractivity contribution in [2.24, 2.45) is 0 Å². The van der Waals surface area contributed by atoms with E-state index in [0.717, 1.165) is 18.4 Å². The van der Waals surface area contributed by atoms with Crippen molar-refractivity contribution >= 4 is 9.84 Å². The van der Waals surface area contributed by atoms with E-state index < -0.39 is 15.9 Å². The second kappa shape index (κ2) is 6.07. The van der Waals surface area contributed by atoms with Gasteiger partial charge < -0.3 is 10.4 Å². The summed E-state index contributed by atoms with van der Waals surface area (Å²) in [5, 5.41) is 13.0. The SMILES string of the molecule is CC(C)(C)c1ccc(S(=O)(=O)CC(O)CNC2CC2)cc1. The third kappa shape index (κ3) is 4.80. The molecular weight excluding hydrogens is 286 g/mol. The lowest BCUT2D eigenvalue weighted by molar-refractivity contribution is 0.193. The number of nitrogens with one attached hydrogen (secondary N) is 1. The molecule has 0 saturated heterocycles. The zero-order valence-electron chi connectivity index (χ0n) is 13.0. The molecule has 1 atom stereocenters. The first-order chi connectivity index (χ1) is 9.68. The molecule has 5 heteroatoms. The van der Waals surface area contributed by atoms with E-state index >= 15 is 0 Å². The number of aliphatic hydroxyl groups is 1. The van der Waals surface area contributed by atoms with Crippen LogP contribution in [0.4, 0.5) is 0 Å². The lowest BCUT2D eigenvalue weighted by atomic mass is 9.87. The Labute approximate surface area is 127 Å². The number of benzene rings is 1. The molecular formula is C16H25NO3S. The van der Waals surface area contributed by atoms with Crippen LogP contribution in [-0.2, 0) is 15.3 Å². The van der Waals surface area contributed by atoms with E-state index in [2.05, 4.69) is 26.1 Å². The third-order valence-electron chi connectivity index (χ3n) is 3.71. The highest BCUT2D eigenvalue weighted by Crippen LogP contribution is 2.24. The summed E-state index contributed by atoms with van der Waals surface area (Å²) in [4.78, 5) is 0.279. The number of sulfone groups is 1. The van der Waals surface area contributed by atoms with E-state index in [1.807, 2.05) is 12.1 Å². The Hall–Kier alpha value is -0.910. The zero-order chi connectivity index (χ0) is 15.7. The average Bonchev–Trinajstić information content (AvgIpc) is 3.19. The lowest BCUT2D eigenvalue weighted by Crippen LogP contribution is -2.33. The Kier molecular flexibility index (Phi) is 4.76. The summed E-state index contributed by atoms with van der Waals surface area (Å²) in [6.45, 7) is 6.60. The third-order valence-corrected chi connectivity index (χ3v) is 5.52. The van der Waals surface area contributed by atoms with Crippen LogP contribution in [0, 0.1) is 0 Å². The van der Waals surface area contributed by atoms with Crippen LogP contribution in [0.3, 0.4) is 0 Å². The fraction of sp³-hybridized carbons (Fsp3) is 0.625. The molecule has 21 heavy (non-hydrogen) atoms. The molecule has 1 aromatic carbocycles. The summed E-state index contributed by atoms with van der Waals surface area (Å²) in [5.41, 5.74) is 1.09. The van der Waals surface area contributed by atoms with Crippen LogP contribution in [0.1, 0.15) is 39.2 Å². The second-order valence-electron chi connectivity index (χ2n) is 6.89. The van der Waals surface area contributed by atoms with Crippen molar-refractivity contribution in [2.45, 2.75) is 56.1 Å². The van der Waals surface area contributed by atoms with Gasteiger partial charge in [-0.05, 0) is 36.0 Å². The van der Waals surface area contributed by atoms with E-state index in [4.69, 9.17) is 0 Å². The fourth-order valence-corrected chi connectivity index (χ4v) is 3.53. The smallest absolute Gasteiger partial charge is 0.180 e. The van der Waals surface area contributed by atoms with Crippen molar-refractivity contribution in [2.75, 3.05) is 12.3 Å². The van der Waals surface area contributed by atoms with Gasteiger partial charge in [0.2, 0.25) is 0 Å². The van der Waals surface area contributed by atoms with E-state index in [9.17, 15) is 13.5 Å². The second-order valence-corrected chi connectivity index (χ2v) is 8.93. The number of aliphatic hydroxyl groups excluding tert-OH is 1. The van der Waals surface area contributed by atoms with Crippen molar-refractivity contribution in [1.82, 2.24) is 5.32 Å². The molecule has 2 N–H and O–H groups in total. The average molecular weight is 311 g/mol. The van der Waals surface area contributed by atoms with Gasteiger partial charge in [-0.2, -0.15) is 0 Å². The summed E-state index contributed by atoms with van der Waals surface area (Å²) in [5.74, 6) is -0.235. The highest BCUT2D eigenvalue weighted by molar-refractivity contribution is 7.91. The Morgan fingerprint density at radius 1 is 1.24 bits per heavy atom. The quantitative estimate of drug-likeness (QED) is 0.842. The minimum Gasteiger partial charge on any atom is -0.391 e. The first kappa shape index (κ1) is 16.5. The molecule has 0 radical (unpaired) electrons. The highest BCUT2D eigenvalue weighted by atomic mass is 32.2. The summed E-state index contributed by atoms with van der Waals surface area (Å²) < 4.78 is 24.6. The standard InChI is InChI=1S/C16H25NO3S/c1-16(2,3)12-4-8-15(9-5-12)21(19,20)11-14(18)10-17-13-6-7-13/h4-5,8-9,13-14,17-18H,6-7,10-11H2,1-3H3.